The van der Waals surface area contributed by atoms with E-state index in [0.29, 0.717) is 18.8 Å². The average Bonchev–Trinajstić information content (AvgIpc) is 2.95. The molecule has 0 radical (unpaired) electrons. The number of carbonyl (C=O) groups excluding carboxylic acids is 1. The van der Waals surface area contributed by atoms with Crippen LogP contribution in [-0.4, -0.2) is 29.1 Å². The number of aromatic nitrogens is 2. The van der Waals surface area contributed by atoms with Crippen molar-refractivity contribution in [2.45, 2.75) is 6.92 Å². The molecular weight excluding hydrogens is 315 g/mol. The first-order chi connectivity index (χ1) is 9.20. The molecule has 0 saturated heterocycles. The summed E-state index contributed by atoms with van der Waals surface area (Å²) < 4.78 is 5.14. The monoisotopic (exact) mass is 332 g/mol. The van der Waals surface area contributed by atoms with Gasteiger partial charge in [0, 0.05) is 30.6 Å². The lowest BCUT2D eigenvalue weighted by atomic mass is 10.2. The molecule has 0 aliphatic rings. The van der Waals surface area contributed by atoms with Gasteiger partial charge in [0.05, 0.1) is 0 Å². The van der Waals surface area contributed by atoms with Crippen LogP contribution >= 0.6 is 24.8 Å². The fraction of sp³-hybridized carbons (Fsp3) is 0.308. The number of halogens is 2. The topological polar surface area (TPSA) is 94.0 Å². The summed E-state index contributed by atoms with van der Waals surface area (Å²) in [5, 5.41) is 6.52. The second kappa shape index (κ2) is 9.33. The van der Waals surface area contributed by atoms with Crippen LogP contribution in [0, 0.1) is 5.92 Å². The Kier molecular flexibility index (Phi) is 8.61. The Bertz CT molecular complexity index is 548. The summed E-state index contributed by atoms with van der Waals surface area (Å²) in [4.78, 5) is 15.7. The minimum absolute atomic E-state index is 0. The molecule has 21 heavy (non-hydrogen) atoms. The summed E-state index contributed by atoms with van der Waals surface area (Å²) in [5.41, 5.74) is 6.58. The number of hydrogen-bond donors (Lipinski definition) is 2. The van der Waals surface area contributed by atoms with Gasteiger partial charge in [0.2, 0.25) is 0 Å². The third-order valence-corrected chi connectivity index (χ3v) is 2.72. The van der Waals surface area contributed by atoms with Gasteiger partial charge in [0.25, 0.3) is 5.91 Å². The van der Waals surface area contributed by atoms with Crippen molar-refractivity contribution in [2.24, 2.45) is 11.7 Å². The molecule has 2 rings (SSSR count). The second-order valence-electron chi connectivity index (χ2n) is 4.36. The van der Waals surface area contributed by atoms with Gasteiger partial charge in [-0.2, -0.15) is 0 Å². The molecule has 0 fully saturated rings. The van der Waals surface area contributed by atoms with Gasteiger partial charge >= 0.3 is 0 Å². The zero-order valence-corrected chi connectivity index (χ0v) is 13.1. The van der Waals surface area contributed by atoms with E-state index in [4.69, 9.17) is 10.3 Å². The number of pyridine rings is 1. The van der Waals surface area contributed by atoms with E-state index in [9.17, 15) is 4.79 Å². The molecule has 0 aliphatic carbocycles. The van der Waals surface area contributed by atoms with Gasteiger partial charge in [-0.1, -0.05) is 12.1 Å². The predicted octanol–water partition coefficient (Wildman–Crippen LogP) is 1.90. The van der Waals surface area contributed by atoms with E-state index in [1.165, 1.54) is 0 Å². The molecule has 3 N–H and O–H groups in total. The van der Waals surface area contributed by atoms with Crippen LogP contribution in [-0.2, 0) is 0 Å². The Hall–Kier alpha value is -1.63. The summed E-state index contributed by atoms with van der Waals surface area (Å²) in [6.07, 6.45) is 3.31. The van der Waals surface area contributed by atoms with Crippen LogP contribution in [0.5, 0.6) is 0 Å². The maximum atomic E-state index is 11.8. The molecule has 0 spiro atoms. The molecule has 2 heterocycles. The summed E-state index contributed by atoms with van der Waals surface area (Å²) in [5.74, 6) is 0.513. The highest BCUT2D eigenvalue weighted by Gasteiger charge is 2.13. The Labute approximate surface area is 135 Å². The SMILES string of the molecule is CC(CN)CNC(=O)c1cc(-c2ccncc2)on1.Cl.Cl. The number of amides is 1. The number of nitrogens with zero attached hydrogens (tertiary/aromatic N) is 2. The van der Waals surface area contributed by atoms with Gasteiger partial charge < -0.3 is 15.6 Å². The van der Waals surface area contributed by atoms with E-state index in [2.05, 4.69) is 15.5 Å². The van der Waals surface area contributed by atoms with Gasteiger partial charge in [-0.3, -0.25) is 9.78 Å². The minimum atomic E-state index is -0.260. The molecule has 2 aromatic heterocycles. The zero-order valence-electron chi connectivity index (χ0n) is 11.5. The summed E-state index contributed by atoms with van der Waals surface area (Å²) in [6.45, 7) is 3.01. The molecular formula is C13H18Cl2N4O2. The van der Waals surface area contributed by atoms with E-state index >= 15 is 0 Å². The third-order valence-electron chi connectivity index (χ3n) is 2.72. The molecule has 1 unspecified atom stereocenters. The van der Waals surface area contributed by atoms with E-state index in [1.807, 2.05) is 6.92 Å². The van der Waals surface area contributed by atoms with Crippen LogP contribution in [0.2, 0.25) is 0 Å². The molecule has 116 valence electrons. The number of nitrogens with one attached hydrogen (secondary N) is 1. The Balaban J connectivity index is 0.00000200. The summed E-state index contributed by atoms with van der Waals surface area (Å²) in [6, 6.07) is 5.19. The summed E-state index contributed by atoms with van der Waals surface area (Å²) >= 11 is 0. The molecule has 0 saturated carbocycles. The van der Waals surface area contributed by atoms with Gasteiger partial charge in [-0.15, -0.1) is 24.8 Å². The lowest BCUT2D eigenvalue weighted by Crippen LogP contribution is -2.31. The van der Waals surface area contributed by atoms with Crippen molar-refractivity contribution < 1.29 is 9.32 Å². The van der Waals surface area contributed by atoms with Crippen LogP contribution in [0.25, 0.3) is 11.3 Å². The molecule has 0 bridgehead atoms. The van der Waals surface area contributed by atoms with Gasteiger partial charge in [-0.05, 0) is 24.6 Å². The number of nitrogens with two attached hydrogens (primary N) is 1. The van der Waals surface area contributed by atoms with Crippen LogP contribution < -0.4 is 11.1 Å². The van der Waals surface area contributed by atoms with Gasteiger partial charge in [0.15, 0.2) is 11.5 Å². The van der Waals surface area contributed by atoms with Crippen LogP contribution in [0.3, 0.4) is 0 Å². The van der Waals surface area contributed by atoms with Crippen molar-refractivity contribution >= 4 is 30.7 Å². The average molecular weight is 333 g/mol. The number of rotatable bonds is 5. The van der Waals surface area contributed by atoms with Crippen molar-refractivity contribution in [1.82, 2.24) is 15.5 Å². The highest BCUT2D eigenvalue weighted by Crippen LogP contribution is 2.18. The Morgan fingerprint density at radius 2 is 2.05 bits per heavy atom. The Morgan fingerprint density at radius 3 is 2.67 bits per heavy atom. The largest absolute Gasteiger partial charge is 0.355 e. The molecule has 1 atom stereocenters. The molecule has 6 nitrogen and oxygen atoms in total. The van der Waals surface area contributed by atoms with E-state index in [1.54, 1.807) is 30.6 Å². The first kappa shape index (κ1) is 19.4. The quantitative estimate of drug-likeness (QED) is 0.872. The van der Waals surface area contributed by atoms with Crippen LogP contribution in [0.1, 0.15) is 17.4 Å². The second-order valence-corrected chi connectivity index (χ2v) is 4.36. The van der Waals surface area contributed by atoms with Gasteiger partial charge in [-0.25, -0.2) is 0 Å². The minimum Gasteiger partial charge on any atom is -0.355 e. The molecule has 2 aromatic rings. The standard InChI is InChI=1S/C13H16N4O2.2ClH/c1-9(7-14)8-16-13(18)11-6-12(19-17-11)10-2-4-15-5-3-10;;/h2-6,9H,7-8,14H2,1H3,(H,16,18);2*1H. The molecule has 0 aromatic carbocycles. The number of carbonyl (C=O) groups is 1. The fourth-order valence-corrected chi connectivity index (χ4v) is 1.48. The van der Waals surface area contributed by atoms with Crippen molar-refractivity contribution in [3.8, 4) is 11.3 Å². The van der Waals surface area contributed by atoms with Crippen molar-refractivity contribution in [3.63, 3.8) is 0 Å². The zero-order chi connectivity index (χ0) is 13.7. The highest BCUT2D eigenvalue weighted by atomic mass is 35.5. The number of hydrogen-bond acceptors (Lipinski definition) is 5. The fourth-order valence-electron chi connectivity index (χ4n) is 1.48. The highest BCUT2D eigenvalue weighted by molar-refractivity contribution is 5.93. The summed E-state index contributed by atoms with van der Waals surface area (Å²) in [7, 11) is 0. The normalized spacial score (nSPS) is 11.0. The van der Waals surface area contributed by atoms with Crippen molar-refractivity contribution in [1.29, 1.82) is 0 Å². The first-order valence-electron chi connectivity index (χ1n) is 6.06. The molecule has 1 amide bonds. The van der Waals surface area contributed by atoms with E-state index in [-0.39, 0.29) is 42.3 Å². The maximum Gasteiger partial charge on any atom is 0.273 e. The smallest absolute Gasteiger partial charge is 0.273 e. The van der Waals surface area contributed by atoms with Crippen molar-refractivity contribution in [3.05, 3.63) is 36.3 Å². The molecule has 8 heteroatoms. The van der Waals surface area contributed by atoms with Crippen molar-refractivity contribution in [2.75, 3.05) is 13.1 Å². The van der Waals surface area contributed by atoms with Gasteiger partial charge in [0.1, 0.15) is 0 Å². The predicted molar refractivity (Wildman–Crippen MR) is 84.8 cm³/mol. The maximum absolute atomic E-state index is 11.8. The lowest BCUT2D eigenvalue weighted by Gasteiger charge is -2.08. The Morgan fingerprint density at radius 1 is 1.38 bits per heavy atom. The van der Waals surface area contributed by atoms with E-state index in [0.717, 1.165) is 5.56 Å². The van der Waals surface area contributed by atoms with Crippen LogP contribution in [0.15, 0.2) is 35.1 Å². The van der Waals surface area contributed by atoms with Crippen LogP contribution in [0.4, 0.5) is 0 Å². The molecule has 0 aliphatic heterocycles. The van der Waals surface area contributed by atoms with E-state index < -0.39 is 0 Å². The third kappa shape index (κ3) is 5.34. The first-order valence-corrected chi connectivity index (χ1v) is 6.06. The lowest BCUT2D eigenvalue weighted by molar-refractivity contribution is 0.0939.